The minimum atomic E-state index is -0.439. The van der Waals surface area contributed by atoms with Gasteiger partial charge < -0.3 is 19.9 Å². The van der Waals surface area contributed by atoms with Crippen molar-refractivity contribution in [2.75, 3.05) is 45.0 Å². The molecule has 2 atom stereocenters. The lowest BCUT2D eigenvalue weighted by Gasteiger charge is -2.16. The molecule has 0 rings (SSSR count). The van der Waals surface area contributed by atoms with Gasteiger partial charge >= 0.3 is 0 Å². The van der Waals surface area contributed by atoms with Crippen LogP contribution in [0.2, 0.25) is 0 Å². The zero-order valence-corrected chi connectivity index (χ0v) is 11.4. The smallest absolute Gasteiger partial charge is 0.0897 e. The van der Waals surface area contributed by atoms with E-state index in [2.05, 4.69) is 19.2 Å². The van der Waals surface area contributed by atoms with Gasteiger partial charge in [-0.2, -0.15) is 11.8 Å². The normalized spacial score (nSPS) is 15.0. The number of aliphatic hydroxyl groups is 1. The van der Waals surface area contributed by atoms with Crippen LogP contribution in [0, 0.1) is 0 Å². The molecule has 98 valence electrons. The Balaban J connectivity index is 3.31. The van der Waals surface area contributed by atoms with E-state index in [1.54, 1.807) is 7.11 Å². The molecule has 0 aliphatic rings. The molecule has 2 N–H and O–H groups in total. The molecule has 0 aromatic carbocycles. The van der Waals surface area contributed by atoms with Crippen molar-refractivity contribution in [1.29, 1.82) is 0 Å². The third kappa shape index (κ3) is 10.7. The number of thioether (sulfide) groups is 1. The van der Waals surface area contributed by atoms with Gasteiger partial charge in [-0.05, 0) is 12.7 Å². The molecule has 0 radical (unpaired) electrons. The first-order valence-electron chi connectivity index (χ1n) is 5.76. The maximum absolute atomic E-state index is 9.59. The Morgan fingerprint density at radius 2 is 2.12 bits per heavy atom. The zero-order chi connectivity index (χ0) is 12.2. The van der Waals surface area contributed by atoms with E-state index in [9.17, 15) is 5.11 Å². The van der Waals surface area contributed by atoms with E-state index in [1.807, 2.05) is 11.8 Å². The van der Waals surface area contributed by atoms with Crippen molar-refractivity contribution in [3.05, 3.63) is 0 Å². The first kappa shape index (κ1) is 16.2. The molecule has 5 heteroatoms. The van der Waals surface area contributed by atoms with E-state index in [0.717, 1.165) is 11.5 Å². The van der Waals surface area contributed by atoms with Crippen LogP contribution in [0.25, 0.3) is 0 Å². The fourth-order valence-corrected chi connectivity index (χ4v) is 1.82. The van der Waals surface area contributed by atoms with Crippen LogP contribution in [0.3, 0.4) is 0 Å². The van der Waals surface area contributed by atoms with Gasteiger partial charge in [-0.3, -0.25) is 0 Å². The van der Waals surface area contributed by atoms with Gasteiger partial charge in [-0.1, -0.05) is 6.92 Å². The number of rotatable bonds is 11. The molecular formula is C11H25NO3S. The molecule has 0 spiro atoms. The van der Waals surface area contributed by atoms with Crippen molar-refractivity contribution in [2.24, 2.45) is 0 Å². The Bertz CT molecular complexity index is 149. The molecule has 0 aromatic rings. The van der Waals surface area contributed by atoms with Crippen LogP contribution in [-0.4, -0.2) is 62.2 Å². The minimum absolute atomic E-state index is 0.365. The average Bonchev–Trinajstić information content (AvgIpc) is 2.29. The van der Waals surface area contributed by atoms with Crippen molar-refractivity contribution < 1.29 is 14.6 Å². The van der Waals surface area contributed by atoms with E-state index in [0.29, 0.717) is 32.4 Å². The average molecular weight is 251 g/mol. The van der Waals surface area contributed by atoms with Gasteiger partial charge in [0, 0.05) is 25.4 Å². The lowest BCUT2D eigenvalue weighted by atomic mass is 10.3. The molecule has 0 fully saturated rings. The van der Waals surface area contributed by atoms with Gasteiger partial charge in [0.15, 0.2) is 0 Å². The summed E-state index contributed by atoms with van der Waals surface area (Å²) in [6.45, 7) is 6.33. The summed E-state index contributed by atoms with van der Waals surface area (Å²) in [5.41, 5.74) is 0. The Labute approximate surface area is 103 Å². The highest BCUT2D eigenvalue weighted by molar-refractivity contribution is 7.99. The fourth-order valence-electron chi connectivity index (χ4n) is 1.11. The summed E-state index contributed by atoms with van der Waals surface area (Å²) in [4.78, 5) is 0. The van der Waals surface area contributed by atoms with E-state index < -0.39 is 6.10 Å². The number of nitrogens with one attached hydrogen (secondary N) is 1. The standard InChI is InChI=1S/C11H25NO3S/c1-4-16-9-10(2)12-7-11(13)8-15-6-5-14-3/h10-13H,4-9H2,1-3H3. The number of ether oxygens (including phenoxy) is 2. The topological polar surface area (TPSA) is 50.7 Å². The van der Waals surface area contributed by atoms with Gasteiger partial charge in [0.2, 0.25) is 0 Å². The van der Waals surface area contributed by atoms with E-state index in [-0.39, 0.29) is 0 Å². The van der Waals surface area contributed by atoms with Gasteiger partial charge in [0.05, 0.1) is 25.9 Å². The predicted molar refractivity (Wildman–Crippen MR) is 69.2 cm³/mol. The summed E-state index contributed by atoms with van der Waals surface area (Å²) in [5.74, 6) is 2.21. The zero-order valence-electron chi connectivity index (χ0n) is 10.6. The molecule has 0 heterocycles. The van der Waals surface area contributed by atoms with Gasteiger partial charge in [-0.25, -0.2) is 0 Å². The van der Waals surface area contributed by atoms with Crippen molar-refractivity contribution >= 4 is 11.8 Å². The first-order valence-corrected chi connectivity index (χ1v) is 6.92. The molecule has 0 saturated heterocycles. The van der Waals surface area contributed by atoms with Gasteiger partial charge in [0.25, 0.3) is 0 Å². The molecule has 0 saturated carbocycles. The largest absolute Gasteiger partial charge is 0.389 e. The third-order valence-corrected chi connectivity index (χ3v) is 3.16. The fraction of sp³-hybridized carbons (Fsp3) is 1.00. The Kier molecular flexibility index (Phi) is 11.8. The quantitative estimate of drug-likeness (QED) is 0.531. The van der Waals surface area contributed by atoms with E-state index >= 15 is 0 Å². The van der Waals surface area contributed by atoms with Gasteiger partial charge in [-0.15, -0.1) is 0 Å². The Hall–Kier alpha value is 0.190. The van der Waals surface area contributed by atoms with Crippen LogP contribution in [0.1, 0.15) is 13.8 Å². The highest BCUT2D eigenvalue weighted by atomic mass is 32.2. The maximum Gasteiger partial charge on any atom is 0.0897 e. The van der Waals surface area contributed by atoms with Crippen LogP contribution in [0.4, 0.5) is 0 Å². The Morgan fingerprint density at radius 1 is 1.38 bits per heavy atom. The number of aliphatic hydroxyl groups excluding tert-OH is 1. The van der Waals surface area contributed by atoms with Crippen LogP contribution in [-0.2, 0) is 9.47 Å². The second-order valence-corrected chi connectivity index (χ2v) is 5.01. The third-order valence-electron chi connectivity index (χ3n) is 2.02. The van der Waals surface area contributed by atoms with Gasteiger partial charge in [0.1, 0.15) is 0 Å². The Morgan fingerprint density at radius 3 is 2.75 bits per heavy atom. The molecule has 4 nitrogen and oxygen atoms in total. The molecule has 0 aliphatic carbocycles. The lowest BCUT2D eigenvalue weighted by molar-refractivity contribution is 0.0133. The van der Waals surface area contributed by atoms with Crippen LogP contribution >= 0.6 is 11.8 Å². The van der Waals surface area contributed by atoms with E-state index in [4.69, 9.17) is 9.47 Å². The maximum atomic E-state index is 9.59. The van der Waals surface area contributed by atoms with Crippen molar-refractivity contribution in [3.8, 4) is 0 Å². The molecular weight excluding hydrogens is 226 g/mol. The summed E-state index contributed by atoms with van der Waals surface area (Å²) in [6, 6.07) is 0.429. The minimum Gasteiger partial charge on any atom is -0.389 e. The van der Waals surface area contributed by atoms with Crippen LogP contribution in [0.5, 0.6) is 0 Å². The summed E-state index contributed by atoms with van der Waals surface area (Å²) < 4.78 is 10.1. The van der Waals surface area contributed by atoms with Crippen LogP contribution in [0.15, 0.2) is 0 Å². The molecule has 2 unspecified atom stereocenters. The number of methoxy groups -OCH3 is 1. The summed E-state index contributed by atoms with van der Waals surface area (Å²) in [7, 11) is 1.63. The van der Waals surface area contributed by atoms with Crippen molar-refractivity contribution in [1.82, 2.24) is 5.32 Å². The van der Waals surface area contributed by atoms with Crippen molar-refractivity contribution in [2.45, 2.75) is 26.0 Å². The first-order chi connectivity index (χ1) is 7.70. The number of hydrogen-bond acceptors (Lipinski definition) is 5. The van der Waals surface area contributed by atoms with Crippen LogP contribution < -0.4 is 5.32 Å². The number of hydrogen-bond donors (Lipinski definition) is 2. The highest BCUT2D eigenvalue weighted by Gasteiger charge is 2.06. The van der Waals surface area contributed by atoms with Crippen molar-refractivity contribution in [3.63, 3.8) is 0 Å². The summed E-state index contributed by atoms with van der Waals surface area (Å²) in [5, 5.41) is 12.9. The summed E-state index contributed by atoms with van der Waals surface area (Å²) >= 11 is 1.90. The molecule has 0 aromatic heterocycles. The molecule has 0 bridgehead atoms. The predicted octanol–water partition coefficient (Wildman–Crippen LogP) is 0.741. The summed E-state index contributed by atoms with van der Waals surface area (Å²) in [6.07, 6.45) is -0.439. The molecule has 0 amide bonds. The second-order valence-electron chi connectivity index (χ2n) is 3.69. The SMILES string of the molecule is CCSCC(C)NCC(O)COCCOC. The lowest BCUT2D eigenvalue weighted by Crippen LogP contribution is -2.37. The highest BCUT2D eigenvalue weighted by Crippen LogP contribution is 2.01. The monoisotopic (exact) mass is 251 g/mol. The second kappa shape index (κ2) is 11.7. The molecule has 16 heavy (non-hydrogen) atoms. The molecule has 0 aliphatic heterocycles. The van der Waals surface area contributed by atoms with E-state index in [1.165, 1.54) is 0 Å².